The Morgan fingerprint density at radius 1 is 1.06 bits per heavy atom. The molecular formula is C25H26FN3OS. The second-order valence-electron chi connectivity index (χ2n) is 8.35. The van der Waals surface area contributed by atoms with Crippen molar-refractivity contribution >= 4 is 21.6 Å². The highest BCUT2D eigenvalue weighted by Crippen LogP contribution is 2.29. The summed E-state index contributed by atoms with van der Waals surface area (Å²) in [4.78, 5) is 20.6. The predicted molar refractivity (Wildman–Crippen MR) is 125 cm³/mol. The molecule has 0 radical (unpaired) electrons. The summed E-state index contributed by atoms with van der Waals surface area (Å²) >= 11 is 1.46. The summed E-state index contributed by atoms with van der Waals surface area (Å²) in [5, 5.41) is 1.93. The number of hydrogen-bond donors (Lipinski definition) is 0. The first kappa shape index (κ1) is 20.3. The molecule has 1 aromatic carbocycles. The Labute approximate surface area is 185 Å². The topological polar surface area (TPSA) is 38.1 Å². The Morgan fingerprint density at radius 3 is 2.65 bits per heavy atom. The van der Waals surface area contributed by atoms with Gasteiger partial charge in [-0.1, -0.05) is 36.8 Å². The lowest BCUT2D eigenvalue weighted by atomic mass is 9.91. The average molecular weight is 436 g/mol. The lowest BCUT2D eigenvalue weighted by Gasteiger charge is -2.27. The number of likely N-dealkylation sites (tertiary alicyclic amines) is 1. The standard InChI is InChI=1S/C25H26FN3OS/c26-21-6-4-5-20(17-21)18-7-9-19(10-8-18)24-27-22-11-16-31-23(22)25(30)29(24)15-14-28-12-2-1-3-13-28/h4,6-11,16-17,20H,1-3,5,12-15H2. The van der Waals surface area contributed by atoms with Crippen LogP contribution in [0.3, 0.4) is 0 Å². The normalized spacial score (nSPS) is 19.6. The third-order valence-electron chi connectivity index (χ3n) is 6.28. The van der Waals surface area contributed by atoms with Crippen molar-refractivity contribution in [2.75, 3.05) is 19.6 Å². The van der Waals surface area contributed by atoms with Gasteiger partial charge < -0.3 is 4.90 Å². The molecule has 1 unspecified atom stereocenters. The molecule has 2 aromatic heterocycles. The molecule has 160 valence electrons. The SMILES string of the molecule is O=c1c2sccc2nc(-c2ccc(C3C=C(F)C=CC3)cc2)n1CCN1CCCCC1. The Morgan fingerprint density at radius 2 is 1.87 bits per heavy atom. The first-order chi connectivity index (χ1) is 15.2. The first-order valence-corrected chi connectivity index (χ1v) is 11.9. The van der Waals surface area contributed by atoms with Gasteiger partial charge in [0, 0.05) is 24.6 Å². The molecule has 6 heteroatoms. The fraction of sp³-hybridized carbons (Fsp3) is 0.360. The van der Waals surface area contributed by atoms with Gasteiger partial charge in [0.15, 0.2) is 0 Å². The van der Waals surface area contributed by atoms with E-state index < -0.39 is 0 Å². The number of fused-ring (bicyclic) bond motifs is 1. The zero-order chi connectivity index (χ0) is 21.2. The van der Waals surface area contributed by atoms with Gasteiger partial charge in [-0.15, -0.1) is 11.3 Å². The van der Waals surface area contributed by atoms with Crippen molar-refractivity contribution in [3.8, 4) is 11.4 Å². The van der Waals surface area contributed by atoms with E-state index in [1.54, 1.807) is 6.08 Å². The summed E-state index contributed by atoms with van der Waals surface area (Å²) in [6.07, 6.45) is 9.62. The summed E-state index contributed by atoms with van der Waals surface area (Å²) in [7, 11) is 0. The lowest BCUT2D eigenvalue weighted by Crippen LogP contribution is -2.35. The smallest absolute Gasteiger partial charge is 0.271 e. The number of allylic oxidation sites excluding steroid dienone is 4. The minimum absolute atomic E-state index is 0.0403. The second-order valence-corrected chi connectivity index (χ2v) is 9.26. The Hall–Kier alpha value is -2.57. The van der Waals surface area contributed by atoms with Crippen LogP contribution in [0.1, 0.15) is 37.2 Å². The number of piperidine rings is 1. The minimum Gasteiger partial charge on any atom is -0.302 e. The monoisotopic (exact) mass is 435 g/mol. The third kappa shape index (κ3) is 4.27. The molecular weight excluding hydrogens is 409 g/mol. The maximum Gasteiger partial charge on any atom is 0.271 e. The summed E-state index contributed by atoms with van der Waals surface area (Å²) in [5.41, 5.74) is 2.79. The molecule has 0 N–H and O–H groups in total. The van der Waals surface area contributed by atoms with Gasteiger partial charge in [-0.3, -0.25) is 9.36 Å². The highest BCUT2D eigenvalue weighted by atomic mass is 32.1. The van der Waals surface area contributed by atoms with Crippen LogP contribution in [0.5, 0.6) is 0 Å². The number of halogens is 1. The number of benzene rings is 1. The van der Waals surface area contributed by atoms with Crippen LogP contribution in [0.25, 0.3) is 21.6 Å². The van der Waals surface area contributed by atoms with Crippen LogP contribution in [-0.4, -0.2) is 34.1 Å². The number of rotatable bonds is 5. The quantitative estimate of drug-likeness (QED) is 0.531. The molecule has 3 heterocycles. The van der Waals surface area contributed by atoms with Crippen molar-refractivity contribution in [3.63, 3.8) is 0 Å². The summed E-state index contributed by atoms with van der Waals surface area (Å²) in [6, 6.07) is 9.99. The largest absolute Gasteiger partial charge is 0.302 e. The number of thiophene rings is 1. The van der Waals surface area contributed by atoms with E-state index in [1.807, 2.05) is 46.4 Å². The molecule has 1 atom stereocenters. The van der Waals surface area contributed by atoms with E-state index in [9.17, 15) is 9.18 Å². The zero-order valence-corrected chi connectivity index (χ0v) is 18.3. The Balaban J connectivity index is 1.48. The van der Waals surface area contributed by atoms with Crippen molar-refractivity contribution in [2.45, 2.75) is 38.1 Å². The Bertz CT molecular complexity index is 1190. The van der Waals surface area contributed by atoms with Crippen molar-refractivity contribution in [1.29, 1.82) is 0 Å². The molecule has 5 rings (SSSR count). The van der Waals surface area contributed by atoms with Gasteiger partial charge in [0.2, 0.25) is 0 Å². The molecule has 0 saturated carbocycles. The van der Waals surface area contributed by atoms with E-state index in [0.717, 1.165) is 42.7 Å². The van der Waals surface area contributed by atoms with E-state index in [1.165, 1.54) is 36.7 Å². The molecule has 0 spiro atoms. The van der Waals surface area contributed by atoms with Crippen LogP contribution in [0, 0.1) is 0 Å². The second kappa shape index (κ2) is 8.89. The molecule has 0 bridgehead atoms. The van der Waals surface area contributed by atoms with Gasteiger partial charge in [0.1, 0.15) is 16.4 Å². The number of nitrogens with zero attached hydrogens (tertiary/aromatic N) is 3. The van der Waals surface area contributed by atoms with Crippen molar-refractivity contribution in [2.24, 2.45) is 0 Å². The molecule has 4 nitrogen and oxygen atoms in total. The molecule has 2 aliphatic rings. The van der Waals surface area contributed by atoms with Gasteiger partial charge in [-0.2, -0.15) is 0 Å². The van der Waals surface area contributed by atoms with Gasteiger partial charge in [0.05, 0.1) is 5.52 Å². The summed E-state index contributed by atoms with van der Waals surface area (Å²) < 4.78 is 16.2. The van der Waals surface area contributed by atoms with Crippen LogP contribution in [0.15, 0.2) is 64.6 Å². The van der Waals surface area contributed by atoms with E-state index in [-0.39, 0.29) is 17.3 Å². The predicted octanol–water partition coefficient (Wildman–Crippen LogP) is 5.51. The minimum atomic E-state index is -0.184. The number of aromatic nitrogens is 2. The highest BCUT2D eigenvalue weighted by Gasteiger charge is 2.17. The maximum absolute atomic E-state index is 13.6. The van der Waals surface area contributed by atoms with Gasteiger partial charge >= 0.3 is 0 Å². The summed E-state index contributed by atoms with van der Waals surface area (Å²) in [5.74, 6) is 0.578. The van der Waals surface area contributed by atoms with Crippen LogP contribution < -0.4 is 5.56 Å². The van der Waals surface area contributed by atoms with Gasteiger partial charge in [-0.25, -0.2) is 9.37 Å². The van der Waals surface area contributed by atoms with Crippen LogP contribution in [0.2, 0.25) is 0 Å². The highest BCUT2D eigenvalue weighted by molar-refractivity contribution is 7.17. The average Bonchev–Trinajstić information content (AvgIpc) is 3.28. The van der Waals surface area contributed by atoms with Crippen LogP contribution in [0.4, 0.5) is 4.39 Å². The third-order valence-corrected chi connectivity index (χ3v) is 7.17. The van der Waals surface area contributed by atoms with E-state index in [2.05, 4.69) is 4.90 Å². The molecule has 0 amide bonds. The Kier molecular flexibility index (Phi) is 5.83. The van der Waals surface area contributed by atoms with Crippen LogP contribution >= 0.6 is 11.3 Å². The molecule has 1 aliphatic carbocycles. The van der Waals surface area contributed by atoms with E-state index >= 15 is 0 Å². The fourth-order valence-electron chi connectivity index (χ4n) is 4.55. The number of hydrogen-bond acceptors (Lipinski definition) is 4. The fourth-order valence-corrected chi connectivity index (χ4v) is 5.33. The van der Waals surface area contributed by atoms with Crippen LogP contribution in [-0.2, 0) is 6.54 Å². The molecule has 1 saturated heterocycles. The first-order valence-electron chi connectivity index (χ1n) is 11.0. The van der Waals surface area contributed by atoms with Crippen molar-refractivity contribution in [1.82, 2.24) is 14.5 Å². The maximum atomic E-state index is 13.6. The molecule has 31 heavy (non-hydrogen) atoms. The zero-order valence-electron chi connectivity index (χ0n) is 17.5. The lowest BCUT2D eigenvalue weighted by molar-refractivity contribution is 0.220. The van der Waals surface area contributed by atoms with Crippen molar-refractivity contribution < 1.29 is 4.39 Å². The molecule has 3 aromatic rings. The van der Waals surface area contributed by atoms with Gasteiger partial charge in [0.25, 0.3) is 5.56 Å². The van der Waals surface area contributed by atoms with Gasteiger partial charge in [-0.05, 0) is 61.5 Å². The van der Waals surface area contributed by atoms with E-state index in [0.29, 0.717) is 17.1 Å². The van der Waals surface area contributed by atoms with Crippen molar-refractivity contribution in [3.05, 3.63) is 75.7 Å². The van der Waals surface area contributed by atoms with E-state index in [4.69, 9.17) is 4.98 Å². The summed E-state index contributed by atoms with van der Waals surface area (Å²) in [6.45, 7) is 3.71. The molecule has 1 aliphatic heterocycles. The molecule has 1 fully saturated rings.